The lowest BCUT2D eigenvalue weighted by Crippen LogP contribution is -2.36. The second kappa shape index (κ2) is 7.35. The Morgan fingerprint density at radius 2 is 1.79 bits per heavy atom. The summed E-state index contributed by atoms with van der Waals surface area (Å²) in [5.41, 5.74) is 0.465. The molecule has 1 aliphatic heterocycles. The van der Waals surface area contributed by atoms with E-state index >= 15 is 0 Å². The summed E-state index contributed by atoms with van der Waals surface area (Å²) < 4.78 is 40.3. The Kier molecular flexibility index (Phi) is 4.86. The zero-order chi connectivity index (χ0) is 20.6. The Hall–Kier alpha value is -3.16. The van der Waals surface area contributed by atoms with Crippen molar-refractivity contribution in [2.45, 2.75) is 19.0 Å². The maximum atomic E-state index is 13.4. The number of benzene rings is 2. The molecule has 1 fully saturated rings. The van der Waals surface area contributed by atoms with Gasteiger partial charge in [0.1, 0.15) is 12.1 Å². The van der Waals surface area contributed by atoms with E-state index in [-0.39, 0.29) is 11.5 Å². The van der Waals surface area contributed by atoms with Crippen LogP contribution in [0.1, 0.15) is 18.4 Å². The number of nitrogens with zero attached hydrogens (tertiary/aromatic N) is 3. The predicted molar refractivity (Wildman–Crippen MR) is 103 cm³/mol. The van der Waals surface area contributed by atoms with Crippen LogP contribution in [0.3, 0.4) is 0 Å². The minimum atomic E-state index is -4.46. The van der Waals surface area contributed by atoms with Gasteiger partial charge in [-0.05, 0) is 42.2 Å². The first-order valence-electron chi connectivity index (χ1n) is 9.23. The van der Waals surface area contributed by atoms with Crippen LogP contribution >= 0.6 is 0 Å². The molecule has 0 radical (unpaired) electrons. The SMILES string of the molecule is O=C(O)C1CCN(c2ncnc3ccc(-c4ccccc4C(F)(F)F)cc23)CC1. The number of carboxylic acid groups (broad SMARTS) is 1. The van der Waals surface area contributed by atoms with Gasteiger partial charge in [0.25, 0.3) is 0 Å². The molecule has 4 rings (SSSR count). The van der Waals surface area contributed by atoms with Crippen LogP contribution < -0.4 is 4.90 Å². The zero-order valence-electron chi connectivity index (χ0n) is 15.4. The van der Waals surface area contributed by atoms with E-state index < -0.39 is 17.7 Å². The van der Waals surface area contributed by atoms with Crippen molar-refractivity contribution >= 4 is 22.7 Å². The van der Waals surface area contributed by atoms with Gasteiger partial charge in [0.05, 0.1) is 17.0 Å². The van der Waals surface area contributed by atoms with E-state index in [2.05, 4.69) is 9.97 Å². The standard InChI is InChI=1S/C21H18F3N3O2/c22-21(23,24)17-4-2-1-3-15(17)14-5-6-18-16(11-14)19(26-12-25-18)27-9-7-13(8-10-27)20(28)29/h1-6,11-13H,7-10H2,(H,28,29). The molecule has 1 N–H and O–H groups in total. The van der Waals surface area contributed by atoms with E-state index in [1.807, 2.05) is 4.90 Å². The number of fused-ring (bicyclic) bond motifs is 1. The minimum Gasteiger partial charge on any atom is -0.481 e. The van der Waals surface area contributed by atoms with Gasteiger partial charge in [-0.2, -0.15) is 13.2 Å². The first-order valence-corrected chi connectivity index (χ1v) is 9.23. The molecule has 2 aromatic carbocycles. The van der Waals surface area contributed by atoms with E-state index in [4.69, 9.17) is 0 Å². The topological polar surface area (TPSA) is 66.3 Å². The van der Waals surface area contributed by atoms with Crippen LogP contribution in [0.25, 0.3) is 22.0 Å². The van der Waals surface area contributed by atoms with Gasteiger partial charge in [0, 0.05) is 18.5 Å². The predicted octanol–water partition coefficient (Wildman–Crippen LogP) is 4.62. The minimum absolute atomic E-state index is 0.0984. The molecule has 150 valence electrons. The second-order valence-corrected chi connectivity index (χ2v) is 7.07. The smallest absolute Gasteiger partial charge is 0.417 e. The van der Waals surface area contributed by atoms with E-state index in [9.17, 15) is 23.1 Å². The molecule has 8 heteroatoms. The van der Waals surface area contributed by atoms with Crippen molar-refractivity contribution in [1.82, 2.24) is 9.97 Å². The number of carbonyl (C=O) groups is 1. The van der Waals surface area contributed by atoms with Crippen LogP contribution in [-0.4, -0.2) is 34.1 Å². The quantitative estimate of drug-likeness (QED) is 0.694. The molecule has 0 aliphatic carbocycles. The lowest BCUT2D eigenvalue weighted by Gasteiger charge is -2.31. The van der Waals surface area contributed by atoms with E-state index in [0.717, 1.165) is 6.07 Å². The largest absolute Gasteiger partial charge is 0.481 e. The third kappa shape index (κ3) is 3.74. The summed E-state index contributed by atoms with van der Waals surface area (Å²) in [5.74, 6) is -0.568. The lowest BCUT2D eigenvalue weighted by atomic mass is 9.96. The van der Waals surface area contributed by atoms with Crippen LogP contribution in [0.15, 0.2) is 48.8 Å². The molecular formula is C21H18F3N3O2. The van der Waals surface area contributed by atoms with Crippen molar-refractivity contribution < 1.29 is 23.1 Å². The molecule has 3 aromatic rings. The number of piperidine rings is 1. The molecule has 1 aliphatic rings. The number of halogens is 3. The van der Waals surface area contributed by atoms with Crippen LogP contribution in [0.5, 0.6) is 0 Å². The van der Waals surface area contributed by atoms with Crippen molar-refractivity contribution in [3.63, 3.8) is 0 Å². The molecule has 0 atom stereocenters. The van der Waals surface area contributed by atoms with Crippen LogP contribution in [0.4, 0.5) is 19.0 Å². The Labute approximate surface area is 164 Å². The number of hydrogen-bond donors (Lipinski definition) is 1. The molecule has 0 spiro atoms. The van der Waals surface area contributed by atoms with Gasteiger partial charge in [-0.25, -0.2) is 9.97 Å². The van der Waals surface area contributed by atoms with E-state index in [0.29, 0.717) is 48.2 Å². The second-order valence-electron chi connectivity index (χ2n) is 7.07. The maximum Gasteiger partial charge on any atom is 0.417 e. The zero-order valence-corrected chi connectivity index (χ0v) is 15.4. The average Bonchev–Trinajstić information content (AvgIpc) is 2.72. The molecular weight excluding hydrogens is 383 g/mol. The highest BCUT2D eigenvalue weighted by Gasteiger charge is 2.33. The van der Waals surface area contributed by atoms with Gasteiger partial charge in [-0.1, -0.05) is 24.3 Å². The Morgan fingerprint density at radius 1 is 1.07 bits per heavy atom. The number of aromatic nitrogens is 2. The molecule has 0 bridgehead atoms. The highest BCUT2D eigenvalue weighted by molar-refractivity contribution is 5.93. The summed E-state index contributed by atoms with van der Waals surface area (Å²) in [6, 6.07) is 10.5. The normalized spacial score (nSPS) is 15.6. The number of alkyl halides is 3. The molecule has 0 saturated carbocycles. The van der Waals surface area contributed by atoms with Crippen LogP contribution in [-0.2, 0) is 11.0 Å². The number of anilines is 1. The van der Waals surface area contributed by atoms with Crippen molar-refractivity contribution in [2.24, 2.45) is 5.92 Å². The number of hydrogen-bond acceptors (Lipinski definition) is 4. The molecule has 0 amide bonds. The highest BCUT2D eigenvalue weighted by atomic mass is 19.4. The third-order valence-electron chi connectivity index (χ3n) is 5.30. The lowest BCUT2D eigenvalue weighted by molar-refractivity contribution is -0.142. The Morgan fingerprint density at radius 3 is 2.48 bits per heavy atom. The molecule has 1 saturated heterocycles. The van der Waals surface area contributed by atoms with Crippen molar-refractivity contribution in [3.05, 3.63) is 54.4 Å². The third-order valence-corrected chi connectivity index (χ3v) is 5.30. The summed E-state index contributed by atoms with van der Waals surface area (Å²) in [6.45, 7) is 1.04. The summed E-state index contributed by atoms with van der Waals surface area (Å²) in [4.78, 5) is 21.7. The van der Waals surface area contributed by atoms with Gasteiger partial charge in [-0.15, -0.1) is 0 Å². The molecule has 5 nitrogen and oxygen atoms in total. The summed E-state index contributed by atoms with van der Waals surface area (Å²) in [5, 5.41) is 9.83. The fourth-order valence-corrected chi connectivity index (χ4v) is 3.78. The van der Waals surface area contributed by atoms with Gasteiger partial charge in [-0.3, -0.25) is 4.79 Å². The fraction of sp³-hybridized carbons (Fsp3) is 0.286. The Bertz CT molecular complexity index is 1060. The summed E-state index contributed by atoms with van der Waals surface area (Å²) in [7, 11) is 0. The number of aliphatic carboxylic acids is 1. The van der Waals surface area contributed by atoms with Gasteiger partial charge < -0.3 is 10.0 Å². The van der Waals surface area contributed by atoms with E-state index in [1.54, 1.807) is 24.3 Å². The van der Waals surface area contributed by atoms with Gasteiger partial charge in [0.15, 0.2) is 0 Å². The van der Waals surface area contributed by atoms with Crippen molar-refractivity contribution in [2.75, 3.05) is 18.0 Å². The number of carboxylic acids is 1. The first-order chi connectivity index (χ1) is 13.8. The van der Waals surface area contributed by atoms with Crippen LogP contribution in [0.2, 0.25) is 0 Å². The first kappa shape index (κ1) is 19.2. The Balaban J connectivity index is 1.76. The number of rotatable bonds is 3. The molecule has 29 heavy (non-hydrogen) atoms. The van der Waals surface area contributed by atoms with Gasteiger partial charge in [0.2, 0.25) is 0 Å². The van der Waals surface area contributed by atoms with Crippen molar-refractivity contribution in [1.29, 1.82) is 0 Å². The van der Waals surface area contributed by atoms with Gasteiger partial charge >= 0.3 is 12.1 Å². The fourth-order valence-electron chi connectivity index (χ4n) is 3.78. The van der Waals surface area contributed by atoms with Crippen molar-refractivity contribution in [3.8, 4) is 11.1 Å². The molecule has 1 aromatic heterocycles. The summed E-state index contributed by atoms with van der Waals surface area (Å²) >= 11 is 0. The maximum absolute atomic E-state index is 13.4. The van der Waals surface area contributed by atoms with E-state index in [1.165, 1.54) is 18.5 Å². The monoisotopic (exact) mass is 401 g/mol. The summed E-state index contributed by atoms with van der Waals surface area (Å²) in [6.07, 6.45) is -2.04. The van der Waals surface area contributed by atoms with Crippen LogP contribution in [0, 0.1) is 5.92 Å². The highest BCUT2D eigenvalue weighted by Crippen LogP contribution is 2.38. The average molecular weight is 401 g/mol. The molecule has 0 unspecified atom stereocenters. The molecule has 2 heterocycles.